The lowest BCUT2D eigenvalue weighted by molar-refractivity contribution is 1.86. The molecule has 7 heavy (non-hydrogen) atoms. The van der Waals surface area contributed by atoms with Crippen LogP contribution in [0, 0.1) is 4.91 Å². The van der Waals surface area contributed by atoms with E-state index in [0.29, 0.717) is 0 Å². The van der Waals surface area contributed by atoms with E-state index in [1.54, 1.807) is 0 Å². The summed E-state index contributed by atoms with van der Waals surface area (Å²) in [6.07, 6.45) is 5.89. The average Bonchev–Trinajstić information content (AvgIpc) is 1.65. The lowest BCUT2D eigenvalue weighted by Crippen LogP contribution is -1.88. The molecule has 2 nitrogen and oxygen atoms in total. The van der Waals surface area contributed by atoms with Crippen molar-refractivity contribution in [3.63, 3.8) is 0 Å². The van der Waals surface area contributed by atoms with Crippen LogP contribution in [-0.4, -0.2) is 18.8 Å². The van der Waals surface area contributed by atoms with Crippen LogP contribution in [-0.2, 0) is 19.1 Å². The first-order valence-corrected chi connectivity index (χ1v) is 5.90. The van der Waals surface area contributed by atoms with Crippen molar-refractivity contribution in [3.05, 3.63) is 4.91 Å². The van der Waals surface area contributed by atoms with Gasteiger partial charge in [0.05, 0.1) is 0 Å². The summed E-state index contributed by atoms with van der Waals surface area (Å²) in [6, 6.07) is 0. The van der Waals surface area contributed by atoms with Crippen molar-refractivity contribution in [3.8, 4) is 0 Å². The molecule has 0 bridgehead atoms. The molecule has 0 saturated carbocycles. The quantitative estimate of drug-likeness (QED) is 0.492. The summed E-state index contributed by atoms with van der Waals surface area (Å²) in [6.45, 7) is 0. The lowest BCUT2D eigenvalue weighted by atomic mass is 11.9. The minimum Gasteiger partial charge on any atom is -0.145 e. The smallest absolute Gasteiger partial charge is 0.00534 e. The Morgan fingerprint density at radius 3 is 1.71 bits per heavy atom. The predicted octanol–water partition coefficient (Wildman–Crippen LogP) is 0.709. The molecule has 0 aromatic heterocycles. The molecular formula is C3H9NOS2. The Morgan fingerprint density at radius 1 is 1.29 bits per heavy atom. The van der Waals surface area contributed by atoms with Gasteiger partial charge in [0.2, 0.25) is 0 Å². The Kier molecular flexibility index (Phi) is 3.46. The van der Waals surface area contributed by atoms with Crippen LogP contribution in [0.3, 0.4) is 0 Å². The van der Waals surface area contributed by atoms with E-state index < -0.39 is 0 Å². The summed E-state index contributed by atoms with van der Waals surface area (Å²) in [4.78, 5) is 9.72. The van der Waals surface area contributed by atoms with E-state index in [9.17, 15) is 4.91 Å². The summed E-state index contributed by atoms with van der Waals surface area (Å²) in [5, 5.41) is 0. The minimum absolute atomic E-state index is 0.188. The van der Waals surface area contributed by atoms with Crippen LogP contribution in [0.5, 0.6) is 0 Å². The third-order valence-corrected chi connectivity index (χ3v) is 4.84. The molecule has 0 N–H and O–H groups in total. The highest BCUT2D eigenvalue weighted by Crippen LogP contribution is 1.83. The van der Waals surface area contributed by atoms with Gasteiger partial charge in [-0.3, -0.25) is 0 Å². The van der Waals surface area contributed by atoms with Crippen LogP contribution in [0.4, 0.5) is 0 Å². The monoisotopic (exact) mass is 139 g/mol. The molecule has 4 heteroatoms. The lowest BCUT2D eigenvalue weighted by Gasteiger charge is -1.89. The molecule has 0 aliphatic rings. The van der Waals surface area contributed by atoms with Crippen LogP contribution in [0.2, 0.25) is 0 Å². The normalized spacial score (nSPS) is 14.3. The van der Waals surface area contributed by atoms with Crippen LogP contribution >= 0.6 is 0 Å². The van der Waals surface area contributed by atoms with E-state index in [2.05, 4.69) is 4.58 Å². The number of rotatable bonds is 1. The zero-order valence-electron chi connectivity index (χ0n) is 4.67. The van der Waals surface area contributed by atoms with E-state index in [0.717, 1.165) is 0 Å². The first kappa shape index (κ1) is 7.30. The highest BCUT2D eigenvalue weighted by atomic mass is 32.9. The molecule has 0 fully saturated rings. The highest BCUT2D eigenvalue weighted by molar-refractivity contribution is 8.42. The summed E-state index contributed by atoms with van der Waals surface area (Å²) < 4.78 is 2.88. The Labute approximate surface area is 47.9 Å². The molecule has 0 aliphatic heterocycles. The topological polar surface area (TPSA) is 29.4 Å². The number of hydrogen-bond acceptors (Lipinski definition) is 1. The van der Waals surface area contributed by atoms with Gasteiger partial charge in [0.15, 0.2) is 0 Å². The standard InChI is InChI=1S/C3H9NOS2/c1-6(2)7(3)4-5/h1-3H3. The number of nitroso groups, excluding NO2 is 1. The minimum atomic E-state index is -0.231. The molecule has 0 radical (unpaired) electrons. The zero-order chi connectivity index (χ0) is 5.86. The third-order valence-electron chi connectivity index (χ3n) is 0.587. The molecule has 0 aromatic carbocycles. The van der Waals surface area contributed by atoms with Gasteiger partial charge in [-0.2, -0.15) is 0 Å². The van der Waals surface area contributed by atoms with Gasteiger partial charge in [-0.15, -0.1) is 14.4 Å². The Balaban J connectivity index is 3.98. The molecule has 0 heterocycles. The molecule has 1 unspecified atom stereocenters. The Bertz CT molecular complexity index is 106. The summed E-state index contributed by atoms with van der Waals surface area (Å²) in [5.74, 6) is 0. The third kappa shape index (κ3) is 2.93. The maximum absolute atomic E-state index is 9.72. The van der Waals surface area contributed by atoms with Gasteiger partial charge in [0.1, 0.15) is 0 Å². The molecular weight excluding hydrogens is 130 g/mol. The van der Waals surface area contributed by atoms with E-state index in [-0.39, 0.29) is 19.1 Å². The summed E-state index contributed by atoms with van der Waals surface area (Å²) in [7, 11) is -0.0432. The van der Waals surface area contributed by atoms with Crippen LogP contribution in [0.25, 0.3) is 0 Å². The van der Waals surface area contributed by atoms with Crippen molar-refractivity contribution in [1.82, 2.24) is 0 Å². The van der Waals surface area contributed by atoms with Crippen LogP contribution in [0.1, 0.15) is 0 Å². The molecule has 0 aromatic rings. The maximum Gasteiger partial charge on any atom is 0.00534 e. The molecule has 0 aliphatic carbocycles. The SMILES string of the molecule is CS(C)=S(C)N=O. The van der Waals surface area contributed by atoms with Crippen molar-refractivity contribution in [1.29, 1.82) is 0 Å². The van der Waals surface area contributed by atoms with Gasteiger partial charge in [0, 0.05) is 10.8 Å². The van der Waals surface area contributed by atoms with Crippen molar-refractivity contribution in [2.45, 2.75) is 0 Å². The Morgan fingerprint density at radius 2 is 1.71 bits per heavy atom. The Hall–Kier alpha value is 0.300. The van der Waals surface area contributed by atoms with Gasteiger partial charge < -0.3 is 0 Å². The first-order valence-electron chi connectivity index (χ1n) is 1.76. The van der Waals surface area contributed by atoms with Gasteiger partial charge in [0.25, 0.3) is 0 Å². The van der Waals surface area contributed by atoms with Gasteiger partial charge >= 0.3 is 0 Å². The molecule has 0 saturated heterocycles. The first-order chi connectivity index (χ1) is 3.18. The zero-order valence-corrected chi connectivity index (χ0v) is 6.30. The van der Waals surface area contributed by atoms with Gasteiger partial charge in [-0.25, -0.2) is 0 Å². The molecule has 0 spiro atoms. The van der Waals surface area contributed by atoms with Gasteiger partial charge in [-0.05, 0) is 22.2 Å². The number of nitrogens with zero attached hydrogens (tertiary/aromatic N) is 1. The van der Waals surface area contributed by atoms with Crippen molar-refractivity contribution in [2.24, 2.45) is 4.58 Å². The average molecular weight is 139 g/mol. The van der Waals surface area contributed by atoms with Gasteiger partial charge in [-0.1, -0.05) is 0 Å². The maximum atomic E-state index is 9.72. The predicted molar refractivity (Wildman–Crippen MR) is 38.3 cm³/mol. The number of hydrogen-bond donors (Lipinski definition) is 0. The molecule has 44 valence electrons. The van der Waals surface area contributed by atoms with Crippen LogP contribution in [0.15, 0.2) is 4.58 Å². The second-order valence-corrected chi connectivity index (χ2v) is 7.17. The summed E-state index contributed by atoms with van der Waals surface area (Å²) in [5.41, 5.74) is 0. The fourth-order valence-corrected chi connectivity index (χ4v) is 0.548. The van der Waals surface area contributed by atoms with E-state index in [4.69, 9.17) is 0 Å². The van der Waals surface area contributed by atoms with Crippen LogP contribution < -0.4 is 0 Å². The second-order valence-electron chi connectivity index (χ2n) is 1.24. The molecule has 0 amide bonds. The molecule has 0 rings (SSSR count). The highest BCUT2D eigenvalue weighted by Gasteiger charge is 1.80. The van der Waals surface area contributed by atoms with Crippen molar-refractivity contribution in [2.75, 3.05) is 18.8 Å². The van der Waals surface area contributed by atoms with E-state index in [1.165, 1.54) is 0 Å². The molecule has 1 atom stereocenters. The fraction of sp³-hybridized carbons (Fsp3) is 1.00. The van der Waals surface area contributed by atoms with E-state index in [1.807, 2.05) is 18.8 Å². The fourth-order valence-electron chi connectivity index (χ4n) is 0.0609. The largest absolute Gasteiger partial charge is 0.145 e. The second kappa shape index (κ2) is 3.32. The van der Waals surface area contributed by atoms with Crippen molar-refractivity contribution < 1.29 is 0 Å². The van der Waals surface area contributed by atoms with E-state index >= 15 is 0 Å². The van der Waals surface area contributed by atoms with Crippen molar-refractivity contribution >= 4 is 19.1 Å². The summed E-state index contributed by atoms with van der Waals surface area (Å²) >= 11 is 0.